The summed E-state index contributed by atoms with van der Waals surface area (Å²) < 4.78 is 11.6. The van der Waals surface area contributed by atoms with Crippen LogP contribution in [0.2, 0.25) is 0 Å². The summed E-state index contributed by atoms with van der Waals surface area (Å²) in [7, 11) is 0. The predicted molar refractivity (Wildman–Crippen MR) is 99.9 cm³/mol. The van der Waals surface area contributed by atoms with Crippen LogP contribution >= 0.6 is 11.3 Å². The van der Waals surface area contributed by atoms with Gasteiger partial charge in [-0.3, -0.25) is 9.59 Å². The van der Waals surface area contributed by atoms with E-state index in [0.717, 1.165) is 5.75 Å². The first-order valence-corrected chi connectivity index (χ1v) is 9.53. The van der Waals surface area contributed by atoms with Crippen molar-refractivity contribution in [1.29, 1.82) is 0 Å². The average Bonchev–Trinajstić information content (AvgIpc) is 3.20. The number of nitrogens with zero attached hydrogens (tertiary/aromatic N) is 1. The van der Waals surface area contributed by atoms with Crippen molar-refractivity contribution in [3.63, 3.8) is 0 Å². The van der Waals surface area contributed by atoms with Crippen LogP contribution in [-0.4, -0.2) is 49.1 Å². The molecule has 7 heteroatoms. The number of rotatable bonds is 7. The molecule has 0 aliphatic carbocycles. The van der Waals surface area contributed by atoms with Crippen LogP contribution < -0.4 is 14.8 Å². The Bertz CT molecular complexity index is 748. The summed E-state index contributed by atoms with van der Waals surface area (Å²) in [5.41, 5.74) is 0. The Morgan fingerprint density at radius 2 is 2.04 bits per heavy atom. The second kappa shape index (κ2) is 8.71. The van der Waals surface area contributed by atoms with Crippen molar-refractivity contribution in [2.24, 2.45) is 0 Å². The minimum Gasteiger partial charge on any atom is -0.486 e. The number of likely N-dealkylation sites (N-methyl/N-ethyl adjacent to an activating group) is 1. The van der Waals surface area contributed by atoms with Crippen molar-refractivity contribution in [3.8, 4) is 11.5 Å². The molecule has 0 spiro atoms. The lowest BCUT2D eigenvalue weighted by Gasteiger charge is -2.31. The highest BCUT2D eigenvalue weighted by molar-refractivity contribution is 7.12. The summed E-state index contributed by atoms with van der Waals surface area (Å²) in [4.78, 5) is 26.7. The lowest BCUT2D eigenvalue weighted by molar-refractivity contribution is -0.132. The number of amides is 2. The molecule has 1 unspecified atom stereocenters. The number of benzene rings is 1. The van der Waals surface area contributed by atoms with Crippen molar-refractivity contribution in [3.05, 3.63) is 46.7 Å². The van der Waals surface area contributed by atoms with E-state index in [9.17, 15) is 9.59 Å². The van der Waals surface area contributed by atoms with Crippen LogP contribution in [-0.2, 0) is 4.79 Å². The smallest absolute Gasteiger partial charge is 0.261 e. The molecule has 0 bridgehead atoms. The lowest BCUT2D eigenvalue weighted by atomic mass is 10.2. The second-order valence-corrected chi connectivity index (χ2v) is 6.86. The summed E-state index contributed by atoms with van der Waals surface area (Å²) in [6, 6.07) is 11.1. The number of carbonyl (C=O) groups excluding carboxylic acids is 2. The van der Waals surface area contributed by atoms with Crippen molar-refractivity contribution < 1.29 is 19.1 Å². The van der Waals surface area contributed by atoms with Crippen LogP contribution in [0.4, 0.5) is 0 Å². The highest BCUT2D eigenvalue weighted by Crippen LogP contribution is 2.31. The minimum absolute atomic E-state index is 0.0126. The molecule has 2 amide bonds. The quantitative estimate of drug-likeness (QED) is 0.809. The molecule has 1 aromatic carbocycles. The Balaban J connectivity index is 1.46. The molecule has 0 fully saturated rings. The normalized spacial score (nSPS) is 15.3. The van der Waals surface area contributed by atoms with Crippen LogP contribution in [0.25, 0.3) is 0 Å². The van der Waals surface area contributed by atoms with Gasteiger partial charge < -0.3 is 19.7 Å². The summed E-state index contributed by atoms with van der Waals surface area (Å²) in [5, 5.41) is 4.63. The highest BCUT2D eigenvalue weighted by atomic mass is 32.1. The fourth-order valence-electron chi connectivity index (χ4n) is 2.74. The van der Waals surface area contributed by atoms with E-state index >= 15 is 0 Å². The maximum absolute atomic E-state index is 12.4. The number of carbonyl (C=O) groups is 2. The fraction of sp³-hybridized carbons (Fsp3) is 0.368. The Labute approximate surface area is 156 Å². The van der Waals surface area contributed by atoms with E-state index in [4.69, 9.17) is 9.47 Å². The summed E-state index contributed by atoms with van der Waals surface area (Å²) in [5.74, 6) is 1.28. The van der Waals surface area contributed by atoms with Gasteiger partial charge in [0.2, 0.25) is 5.91 Å². The Morgan fingerprint density at radius 1 is 1.23 bits per heavy atom. The summed E-state index contributed by atoms with van der Waals surface area (Å²) >= 11 is 1.38. The molecular formula is C19H22N2O4S. The molecule has 138 valence electrons. The zero-order chi connectivity index (χ0) is 18.4. The van der Waals surface area contributed by atoms with E-state index < -0.39 is 0 Å². The van der Waals surface area contributed by atoms with Gasteiger partial charge in [0.05, 0.1) is 11.4 Å². The molecule has 6 nitrogen and oxygen atoms in total. The van der Waals surface area contributed by atoms with Crippen LogP contribution in [0.5, 0.6) is 11.5 Å². The second-order valence-electron chi connectivity index (χ2n) is 5.91. The first kappa shape index (κ1) is 18.3. The zero-order valence-corrected chi connectivity index (χ0v) is 15.5. The molecule has 1 atom stereocenters. The Morgan fingerprint density at radius 3 is 2.77 bits per heavy atom. The van der Waals surface area contributed by atoms with E-state index in [2.05, 4.69) is 5.32 Å². The third-order valence-corrected chi connectivity index (χ3v) is 4.96. The topological polar surface area (TPSA) is 67.9 Å². The number of fused-ring (bicyclic) bond motifs is 1. The number of ether oxygens (including phenoxy) is 2. The maximum atomic E-state index is 12.4. The number of thiophene rings is 1. The van der Waals surface area contributed by atoms with Crippen LogP contribution in [0.15, 0.2) is 41.8 Å². The monoisotopic (exact) mass is 374 g/mol. The van der Waals surface area contributed by atoms with Gasteiger partial charge in [0.25, 0.3) is 5.91 Å². The van der Waals surface area contributed by atoms with Crippen LogP contribution in [0.1, 0.15) is 23.0 Å². The van der Waals surface area contributed by atoms with Gasteiger partial charge >= 0.3 is 0 Å². The number of nitrogens with one attached hydrogen (secondary N) is 1. The molecule has 0 radical (unpaired) electrons. The van der Waals surface area contributed by atoms with Gasteiger partial charge in [-0.2, -0.15) is 0 Å². The summed E-state index contributed by atoms with van der Waals surface area (Å²) in [6.07, 6.45) is 0.0595. The van der Waals surface area contributed by atoms with Gasteiger partial charge in [0, 0.05) is 19.5 Å². The third kappa shape index (κ3) is 4.54. The zero-order valence-electron chi connectivity index (χ0n) is 14.6. The molecule has 0 saturated carbocycles. The molecule has 0 saturated heterocycles. The fourth-order valence-corrected chi connectivity index (χ4v) is 3.38. The van der Waals surface area contributed by atoms with Crippen molar-refractivity contribution in [2.45, 2.75) is 19.4 Å². The first-order valence-electron chi connectivity index (χ1n) is 8.65. The molecule has 26 heavy (non-hydrogen) atoms. The van der Waals surface area contributed by atoms with Crippen LogP contribution in [0, 0.1) is 0 Å². The number of hydrogen-bond acceptors (Lipinski definition) is 5. The van der Waals surface area contributed by atoms with E-state index in [-0.39, 0.29) is 24.3 Å². The summed E-state index contributed by atoms with van der Waals surface area (Å²) in [6.45, 7) is 3.70. The van der Waals surface area contributed by atoms with E-state index in [0.29, 0.717) is 36.9 Å². The minimum atomic E-state index is -0.200. The predicted octanol–water partition coefficient (Wildman–Crippen LogP) is 2.56. The largest absolute Gasteiger partial charge is 0.486 e. The molecule has 2 aromatic rings. The molecule has 3 rings (SSSR count). The van der Waals surface area contributed by atoms with Gasteiger partial charge in [-0.25, -0.2) is 0 Å². The van der Waals surface area contributed by atoms with Gasteiger partial charge in [-0.15, -0.1) is 11.3 Å². The molecule has 1 aliphatic heterocycles. The van der Waals surface area contributed by atoms with Crippen molar-refractivity contribution in [1.82, 2.24) is 10.2 Å². The molecule has 2 heterocycles. The Hall–Kier alpha value is -2.54. The average molecular weight is 374 g/mol. The van der Waals surface area contributed by atoms with Crippen molar-refractivity contribution >= 4 is 23.2 Å². The Kier molecular flexibility index (Phi) is 6.12. The van der Waals surface area contributed by atoms with Crippen molar-refractivity contribution in [2.75, 3.05) is 26.2 Å². The highest BCUT2D eigenvalue weighted by Gasteiger charge is 2.24. The third-order valence-electron chi connectivity index (χ3n) is 4.10. The molecule has 1 N–H and O–H groups in total. The van der Waals surface area contributed by atoms with E-state index in [1.54, 1.807) is 11.0 Å². The van der Waals surface area contributed by atoms with Crippen LogP contribution in [0.3, 0.4) is 0 Å². The lowest BCUT2D eigenvalue weighted by Crippen LogP contribution is -2.44. The molecular weight excluding hydrogens is 352 g/mol. The van der Waals surface area contributed by atoms with E-state index in [1.807, 2.05) is 42.6 Å². The maximum Gasteiger partial charge on any atom is 0.261 e. The number of para-hydroxylation sites is 2. The molecule has 1 aliphatic rings. The van der Waals surface area contributed by atoms with Gasteiger partial charge in [0.15, 0.2) is 17.6 Å². The molecule has 1 aromatic heterocycles. The van der Waals surface area contributed by atoms with Gasteiger partial charge in [-0.05, 0) is 30.5 Å². The SMILES string of the molecule is CCN(CC1COc2ccccc2O1)C(=O)CCNC(=O)c1cccs1. The van der Waals surface area contributed by atoms with Gasteiger partial charge in [-0.1, -0.05) is 18.2 Å². The first-order chi connectivity index (χ1) is 12.7. The number of hydrogen-bond donors (Lipinski definition) is 1. The van der Waals surface area contributed by atoms with Gasteiger partial charge in [0.1, 0.15) is 6.61 Å². The van der Waals surface area contributed by atoms with E-state index in [1.165, 1.54) is 11.3 Å². The standard InChI is InChI=1S/C19H22N2O4S/c1-2-21(12-14-13-24-15-6-3-4-7-16(15)25-14)18(22)9-10-20-19(23)17-8-5-11-26-17/h3-8,11,14H,2,9-10,12-13H2,1H3,(H,20,23).